The van der Waals surface area contributed by atoms with Crippen LogP contribution in [-0.4, -0.2) is 22.6 Å². The van der Waals surface area contributed by atoms with Crippen LogP contribution in [0.25, 0.3) is 0 Å². The molecule has 0 amide bonds. The fraction of sp³-hybridized carbons (Fsp3) is 0.353. The number of aryl methyl sites for hydroxylation is 1. The Bertz CT molecular complexity index is 681. The van der Waals surface area contributed by atoms with Gasteiger partial charge in [-0.25, -0.2) is 9.78 Å². The second kappa shape index (κ2) is 7.41. The van der Waals surface area contributed by atoms with E-state index in [1.807, 2.05) is 16.7 Å². The smallest absolute Gasteiger partial charge is 0.337 e. The highest BCUT2D eigenvalue weighted by molar-refractivity contribution is 5.89. The summed E-state index contributed by atoms with van der Waals surface area (Å²) in [5.74, 6) is 0.583. The summed E-state index contributed by atoms with van der Waals surface area (Å²) in [5, 5.41) is 9.01. The van der Waals surface area contributed by atoms with Crippen molar-refractivity contribution in [2.75, 3.05) is 7.11 Å². The minimum Gasteiger partial charge on any atom is -0.465 e. The van der Waals surface area contributed by atoms with Crippen molar-refractivity contribution in [3.63, 3.8) is 0 Å². The maximum atomic E-state index is 11.4. The van der Waals surface area contributed by atoms with Crippen LogP contribution in [-0.2, 0) is 17.7 Å². The lowest BCUT2D eigenvalue weighted by Gasteiger charge is -2.08. The van der Waals surface area contributed by atoms with Gasteiger partial charge in [0.05, 0.1) is 12.7 Å². The van der Waals surface area contributed by atoms with Crippen LogP contribution in [0.15, 0.2) is 30.5 Å². The van der Waals surface area contributed by atoms with E-state index in [-0.39, 0.29) is 5.97 Å². The van der Waals surface area contributed by atoms with E-state index in [1.165, 1.54) is 7.11 Å². The van der Waals surface area contributed by atoms with Gasteiger partial charge in [0.2, 0.25) is 0 Å². The summed E-state index contributed by atoms with van der Waals surface area (Å²) in [6.07, 6.45) is 4.77. The van der Waals surface area contributed by atoms with Crippen LogP contribution in [0.4, 0.5) is 0 Å². The molecule has 2 aromatic rings. The maximum absolute atomic E-state index is 11.4. The number of carbonyl (C=O) groups is 1. The Morgan fingerprint density at radius 3 is 2.68 bits per heavy atom. The van der Waals surface area contributed by atoms with E-state index >= 15 is 0 Å². The zero-order valence-corrected chi connectivity index (χ0v) is 12.9. The standard InChI is InChI=1S/C17H19N3O2/c1-3-4-5-16-19-15(10-18)12-20(16)11-13-6-8-14(9-7-13)17(21)22-2/h6-9,12H,3-5,11H2,1-2H3. The Labute approximate surface area is 130 Å². The third-order valence-electron chi connectivity index (χ3n) is 3.46. The van der Waals surface area contributed by atoms with Gasteiger partial charge >= 0.3 is 5.97 Å². The molecule has 5 nitrogen and oxygen atoms in total. The number of imidazole rings is 1. The van der Waals surface area contributed by atoms with Crippen LogP contribution in [0.1, 0.15) is 47.2 Å². The van der Waals surface area contributed by atoms with Gasteiger partial charge in [-0.1, -0.05) is 25.5 Å². The average Bonchev–Trinajstić information content (AvgIpc) is 2.95. The van der Waals surface area contributed by atoms with Crippen molar-refractivity contribution in [3.05, 3.63) is 53.1 Å². The molecule has 0 fully saturated rings. The molecule has 2 rings (SSSR count). The molecule has 0 spiro atoms. The first-order valence-electron chi connectivity index (χ1n) is 7.31. The Morgan fingerprint density at radius 1 is 1.36 bits per heavy atom. The number of esters is 1. The number of hydrogen-bond acceptors (Lipinski definition) is 4. The number of aromatic nitrogens is 2. The van der Waals surface area contributed by atoms with Crippen LogP contribution >= 0.6 is 0 Å². The largest absolute Gasteiger partial charge is 0.465 e. The average molecular weight is 297 g/mol. The molecule has 1 aromatic carbocycles. The Morgan fingerprint density at radius 2 is 2.09 bits per heavy atom. The molecule has 0 atom stereocenters. The number of rotatable bonds is 6. The molecule has 0 aliphatic rings. The summed E-state index contributed by atoms with van der Waals surface area (Å²) < 4.78 is 6.69. The minimum absolute atomic E-state index is 0.343. The molecule has 5 heteroatoms. The molecule has 0 bridgehead atoms. The lowest BCUT2D eigenvalue weighted by atomic mass is 10.1. The molecule has 1 heterocycles. The summed E-state index contributed by atoms with van der Waals surface area (Å²) in [5.41, 5.74) is 2.02. The van der Waals surface area contributed by atoms with E-state index in [0.717, 1.165) is 30.7 Å². The number of nitrogens with zero attached hydrogens (tertiary/aromatic N) is 3. The van der Waals surface area contributed by atoms with Gasteiger partial charge in [-0.3, -0.25) is 0 Å². The highest BCUT2D eigenvalue weighted by atomic mass is 16.5. The SMILES string of the molecule is CCCCc1nc(C#N)cn1Cc1ccc(C(=O)OC)cc1. The third kappa shape index (κ3) is 3.73. The van der Waals surface area contributed by atoms with Gasteiger partial charge < -0.3 is 9.30 Å². The van der Waals surface area contributed by atoms with Gasteiger partial charge in [0.15, 0.2) is 5.69 Å². The Hall–Kier alpha value is -2.61. The molecule has 0 saturated heterocycles. The van der Waals surface area contributed by atoms with E-state index in [1.54, 1.807) is 18.3 Å². The Kier molecular flexibility index (Phi) is 5.31. The van der Waals surface area contributed by atoms with Gasteiger partial charge in [0.25, 0.3) is 0 Å². The topological polar surface area (TPSA) is 67.9 Å². The summed E-state index contributed by atoms with van der Waals surface area (Å²) in [6.45, 7) is 2.76. The number of hydrogen-bond donors (Lipinski definition) is 0. The number of ether oxygens (including phenoxy) is 1. The van der Waals surface area contributed by atoms with Crippen molar-refractivity contribution < 1.29 is 9.53 Å². The van der Waals surface area contributed by atoms with Crippen LogP contribution in [0.3, 0.4) is 0 Å². The second-order valence-corrected chi connectivity index (χ2v) is 5.07. The van der Waals surface area contributed by atoms with Crippen LogP contribution in [0, 0.1) is 11.3 Å². The zero-order chi connectivity index (χ0) is 15.9. The molecule has 114 valence electrons. The normalized spacial score (nSPS) is 10.2. The molecule has 0 radical (unpaired) electrons. The molecule has 1 aromatic heterocycles. The molecular formula is C17H19N3O2. The number of carbonyl (C=O) groups excluding carboxylic acids is 1. The van der Waals surface area contributed by atoms with Gasteiger partial charge in [-0.2, -0.15) is 5.26 Å². The van der Waals surface area contributed by atoms with Gasteiger partial charge in [0, 0.05) is 19.2 Å². The lowest BCUT2D eigenvalue weighted by molar-refractivity contribution is 0.0600. The van der Waals surface area contributed by atoms with E-state index in [2.05, 4.69) is 22.7 Å². The minimum atomic E-state index is -0.343. The molecule has 0 N–H and O–H groups in total. The molecule has 0 unspecified atom stereocenters. The van der Waals surface area contributed by atoms with Crippen molar-refractivity contribution in [1.29, 1.82) is 5.26 Å². The number of benzene rings is 1. The first kappa shape index (κ1) is 15.8. The molecule has 0 aliphatic heterocycles. The number of methoxy groups -OCH3 is 1. The van der Waals surface area contributed by atoms with E-state index < -0.39 is 0 Å². The van der Waals surface area contributed by atoms with Crippen molar-refractivity contribution in [2.45, 2.75) is 32.7 Å². The third-order valence-corrected chi connectivity index (χ3v) is 3.46. The van der Waals surface area contributed by atoms with Crippen molar-refractivity contribution >= 4 is 5.97 Å². The molecule has 0 saturated carbocycles. The van der Waals surface area contributed by atoms with Crippen LogP contribution < -0.4 is 0 Å². The van der Waals surface area contributed by atoms with Crippen LogP contribution in [0.5, 0.6) is 0 Å². The van der Waals surface area contributed by atoms with Gasteiger partial charge in [0.1, 0.15) is 11.9 Å². The monoisotopic (exact) mass is 297 g/mol. The van der Waals surface area contributed by atoms with E-state index in [0.29, 0.717) is 17.8 Å². The lowest BCUT2D eigenvalue weighted by Crippen LogP contribution is -2.05. The first-order valence-corrected chi connectivity index (χ1v) is 7.31. The molecule has 22 heavy (non-hydrogen) atoms. The fourth-order valence-corrected chi connectivity index (χ4v) is 2.24. The van der Waals surface area contributed by atoms with Crippen LogP contribution in [0.2, 0.25) is 0 Å². The number of unbranched alkanes of at least 4 members (excludes halogenated alkanes) is 1. The summed E-state index contributed by atoms with van der Waals surface area (Å²) >= 11 is 0. The van der Waals surface area contributed by atoms with Gasteiger partial charge in [-0.05, 0) is 24.1 Å². The summed E-state index contributed by atoms with van der Waals surface area (Å²) in [6, 6.07) is 9.36. The van der Waals surface area contributed by atoms with Crippen molar-refractivity contribution in [2.24, 2.45) is 0 Å². The highest BCUT2D eigenvalue weighted by Crippen LogP contribution is 2.12. The number of nitriles is 1. The fourth-order valence-electron chi connectivity index (χ4n) is 2.24. The van der Waals surface area contributed by atoms with Crippen molar-refractivity contribution in [1.82, 2.24) is 9.55 Å². The molecule has 0 aliphatic carbocycles. The first-order chi connectivity index (χ1) is 10.7. The Balaban J connectivity index is 2.17. The quantitative estimate of drug-likeness (QED) is 0.769. The summed E-state index contributed by atoms with van der Waals surface area (Å²) in [4.78, 5) is 15.8. The van der Waals surface area contributed by atoms with E-state index in [4.69, 9.17) is 5.26 Å². The highest BCUT2D eigenvalue weighted by Gasteiger charge is 2.09. The van der Waals surface area contributed by atoms with Crippen molar-refractivity contribution in [3.8, 4) is 6.07 Å². The van der Waals surface area contributed by atoms with E-state index in [9.17, 15) is 4.79 Å². The molecular weight excluding hydrogens is 278 g/mol. The maximum Gasteiger partial charge on any atom is 0.337 e. The zero-order valence-electron chi connectivity index (χ0n) is 12.9. The van der Waals surface area contributed by atoms with Gasteiger partial charge in [-0.15, -0.1) is 0 Å². The summed E-state index contributed by atoms with van der Waals surface area (Å²) in [7, 11) is 1.37. The second-order valence-electron chi connectivity index (χ2n) is 5.07. The predicted molar refractivity (Wildman–Crippen MR) is 82.4 cm³/mol. The predicted octanol–water partition coefficient (Wildman–Crippen LogP) is 2.93.